The van der Waals surface area contributed by atoms with Gasteiger partial charge in [0.05, 0.1) is 0 Å². The van der Waals surface area contributed by atoms with Crippen molar-refractivity contribution in [1.29, 1.82) is 0 Å². The fourth-order valence-electron chi connectivity index (χ4n) is 1.63. The minimum Gasteiger partial charge on any atom is -0.444 e. The number of alkyl carbamates (subject to hydrolysis) is 1. The maximum Gasteiger partial charge on any atom is 0.407 e. The molecule has 0 bridgehead atoms. The molecule has 1 rings (SSSR count). The maximum absolute atomic E-state index is 13.2. The number of rotatable bonds is 4. The van der Waals surface area contributed by atoms with E-state index in [-0.39, 0.29) is 18.4 Å². The van der Waals surface area contributed by atoms with E-state index in [0.29, 0.717) is 10.9 Å². The normalized spacial score (nSPS) is 12.9. The molecule has 1 aromatic carbocycles. The maximum atomic E-state index is 13.2. The Morgan fingerprint density at radius 2 is 2.10 bits per heavy atom. The quantitative estimate of drug-likeness (QED) is 0.880. The number of ether oxygens (including phenoxy) is 1. The Labute approximate surface area is 127 Å². The van der Waals surface area contributed by atoms with Gasteiger partial charge < -0.3 is 15.8 Å². The molecule has 112 valence electrons. The summed E-state index contributed by atoms with van der Waals surface area (Å²) in [6.45, 7) is 5.63. The van der Waals surface area contributed by atoms with Gasteiger partial charge in [-0.25, -0.2) is 9.18 Å². The SMILES string of the molecule is CC(C)(C)OC(=O)NCC(N)Cc1cc(F)cc(Br)c1. The van der Waals surface area contributed by atoms with Crippen molar-refractivity contribution in [3.8, 4) is 0 Å². The second kappa shape index (κ2) is 7.04. The summed E-state index contributed by atoms with van der Waals surface area (Å²) < 4.78 is 19.0. The van der Waals surface area contributed by atoms with Crippen molar-refractivity contribution >= 4 is 22.0 Å². The van der Waals surface area contributed by atoms with Crippen LogP contribution in [-0.2, 0) is 11.2 Å². The summed E-state index contributed by atoms with van der Waals surface area (Å²) in [6, 6.07) is 4.30. The molecule has 3 N–H and O–H groups in total. The average Bonchev–Trinajstić information content (AvgIpc) is 2.22. The van der Waals surface area contributed by atoms with Gasteiger partial charge in [-0.15, -0.1) is 0 Å². The van der Waals surface area contributed by atoms with Crippen LogP contribution in [0.3, 0.4) is 0 Å². The third kappa shape index (κ3) is 6.86. The van der Waals surface area contributed by atoms with E-state index >= 15 is 0 Å². The van der Waals surface area contributed by atoms with Crippen LogP contribution in [-0.4, -0.2) is 24.3 Å². The Balaban J connectivity index is 2.44. The van der Waals surface area contributed by atoms with Crippen molar-refractivity contribution in [2.75, 3.05) is 6.54 Å². The number of carbonyl (C=O) groups is 1. The molecular formula is C14H20BrFN2O2. The molecule has 0 spiro atoms. The van der Waals surface area contributed by atoms with E-state index in [0.717, 1.165) is 5.56 Å². The second-order valence-corrected chi connectivity index (χ2v) is 6.54. The lowest BCUT2D eigenvalue weighted by Gasteiger charge is -2.20. The predicted octanol–water partition coefficient (Wildman–Crippen LogP) is 2.98. The lowest BCUT2D eigenvalue weighted by atomic mass is 10.1. The summed E-state index contributed by atoms with van der Waals surface area (Å²) in [5.74, 6) is -0.318. The van der Waals surface area contributed by atoms with Crippen LogP contribution in [0.4, 0.5) is 9.18 Å². The first-order valence-corrected chi connectivity index (χ1v) is 7.12. The third-order valence-electron chi connectivity index (χ3n) is 2.33. The van der Waals surface area contributed by atoms with Crippen LogP contribution >= 0.6 is 15.9 Å². The van der Waals surface area contributed by atoms with Gasteiger partial charge >= 0.3 is 6.09 Å². The zero-order valence-corrected chi connectivity index (χ0v) is 13.5. The van der Waals surface area contributed by atoms with Crippen LogP contribution in [0.25, 0.3) is 0 Å². The first kappa shape index (κ1) is 16.9. The van der Waals surface area contributed by atoms with Gasteiger partial charge in [-0.05, 0) is 51.0 Å². The molecule has 0 heterocycles. The van der Waals surface area contributed by atoms with E-state index in [9.17, 15) is 9.18 Å². The van der Waals surface area contributed by atoms with E-state index in [2.05, 4.69) is 21.2 Å². The molecular weight excluding hydrogens is 327 g/mol. The molecule has 6 heteroatoms. The molecule has 1 unspecified atom stereocenters. The molecule has 0 fully saturated rings. The molecule has 1 aromatic rings. The molecule has 1 atom stereocenters. The zero-order chi connectivity index (χ0) is 15.3. The molecule has 0 aliphatic carbocycles. The molecule has 0 saturated carbocycles. The number of amides is 1. The van der Waals surface area contributed by atoms with Crippen LogP contribution in [0.2, 0.25) is 0 Å². The van der Waals surface area contributed by atoms with Gasteiger partial charge in [-0.1, -0.05) is 15.9 Å². The van der Waals surface area contributed by atoms with E-state index in [1.54, 1.807) is 26.8 Å². The van der Waals surface area contributed by atoms with Crippen molar-refractivity contribution in [2.45, 2.75) is 38.8 Å². The van der Waals surface area contributed by atoms with Crippen LogP contribution < -0.4 is 11.1 Å². The fourth-order valence-corrected chi connectivity index (χ4v) is 2.15. The first-order valence-electron chi connectivity index (χ1n) is 6.33. The number of hydrogen-bond acceptors (Lipinski definition) is 3. The molecule has 0 saturated heterocycles. The van der Waals surface area contributed by atoms with E-state index in [1.165, 1.54) is 12.1 Å². The Hall–Kier alpha value is -1.14. The van der Waals surface area contributed by atoms with Crippen molar-refractivity contribution in [2.24, 2.45) is 5.73 Å². The van der Waals surface area contributed by atoms with Crippen LogP contribution in [0.1, 0.15) is 26.3 Å². The Morgan fingerprint density at radius 3 is 2.65 bits per heavy atom. The highest BCUT2D eigenvalue weighted by atomic mass is 79.9. The summed E-state index contributed by atoms with van der Waals surface area (Å²) in [5.41, 5.74) is 6.14. The second-order valence-electron chi connectivity index (χ2n) is 5.62. The number of nitrogens with one attached hydrogen (secondary N) is 1. The van der Waals surface area contributed by atoms with Crippen LogP contribution in [0.15, 0.2) is 22.7 Å². The molecule has 0 aromatic heterocycles. The molecule has 0 radical (unpaired) electrons. The number of carbonyl (C=O) groups excluding carboxylic acids is 1. The summed E-state index contributed by atoms with van der Waals surface area (Å²) in [7, 11) is 0. The van der Waals surface area contributed by atoms with E-state index in [1.807, 2.05) is 0 Å². The number of halogens is 2. The first-order chi connectivity index (χ1) is 9.15. The highest BCUT2D eigenvalue weighted by Crippen LogP contribution is 2.15. The smallest absolute Gasteiger partial charge is 0.407 e. The van der Waals surface area contributed by atoms with Crippen LogP contribution in [0.5, 0.6) is 0 Å². The fraction of sp³-hybridized carbons (Fsp3) is 0.500. The van der Waals surface area contributed by atoms with Gasteiger partial charge in [0, 0.05) is 17.1 Å². The largest absolute Gasteiger partial charge is 0.444 e. The molecule has 4 nitrogen and oxygen atoms in total. The highest BCUT2D eigenvalue weighted by molar-refractivity contribution is 9.10. The number of benzene rings is 1. The van der Waals surface area contributed by atoms with Gasteiger partial charge in [-0.2, -0.15) is 0 Å². The van der Waals surface area contributed by atoms with Gasteiger partial charge in [-0.3, -0.25) is 0 Å². The van der Waals surface area contributed by atoms with Gasteiger partial charge in [0.2, 0.25) is 0 Å². The lowest BCUT2D eigenvalue weighted by molar-refractivity contribution is 0.0524. The molecule has 1 amide bonds. The Bertz CT molecular complexity index is 454. The topological polar surface area (TPSA) is 64.3 Å². The minimum absolute atomic E-state index is 0.267. The van der Waals surface area contributed by atoms with Gasteiger partial charge in [0.1, 0.15) is 11.4 Å². The van der Waals surface area contributed by atoms with Crippen molar-refractivity contribution in [1.82, 2.24) is 5.32 Å². The zero-order valence-electron chi connectivity index (χ0n) is 11.9. The van der Waals surface area contributed by atoms with E-state index < -0.39 is 11.7 Å². The summed E-state index contributed by atoms with van der Waals surface area (Å²) >= 11 is 3.23. The van der Waals surface area contributed by atoms with Crippen molar-refractivity contribution in [3.05, 3.63) is 34.1 Å². The van der Waals surface area contributed by atoms with Crippen molar-refractivity contribution < 1.29 is 13.9 Å². The Morgan fingerprint density at radius 1 is 1.45 bits per heavy atom. The lowest BCUT2D eigenvalue weighted by Crippen LogP contribution is -2.41. The molecule has 0 aliphatic rings. The van der Waals surface area contributed by atoms with Crippen LogP contribution in [0, 0.1) is 5.82 Å². The average molecular weight is 347 g/mol. The summed E-state index contributed by atoms with van der Waals surface area (Å²) in [4.78, 5) is 11.5. The summed E-state index contributed by atoms with van der Waals surface area (Å²) in [5, 5.41) is 2.60. The monoisotopic (exact) mass is 346 g/mol. The van der Waals surface area contributed by atoms with Crippen molar-refractivity contribution in [3.63, 3.8) is 0 Å². The highest BCUT2D eigenvalue weighted by Gasteiger charge is 2.16. The Kier molecular flexibility index (Phi) is 5.95. The van der Waals surface area contributed by atoms with Gasteiger partial charge in [0.15, 0.2) is 0 Å². The predicted molar refractivity (Wildman–Crippen MR) is 80.0 cm³/mol. The third-order valence-corrected chi connectivity index (χ3v) is 2.79. The standard InChI is InChI=1S/C14H20BrFN2O2/c1-14(2,3)20-13(19)18-8-12(17)6-9-4-10(15)7-11(16)5-9/h4-5,7,12H,6,8,17H2,1-3H3,(H,18,19). The minimum atomic E-state index is -0.540. The number of hydrogen-bond donors (Lipinski definition) is 2. The van der Waals surface area contributed by atoms with E-state index in [4.69, 9.17) is 10.5 Å². The molecule has 20 heavy (non-hydrogen) atoms. The number of nitrogens with two attached hydrogens (primary N) is 1. The van der Waals surface area contributed by atoms with Gasteiger partial charge in [0.25, 0.3) is 0 Å². The molecule has 0 aliphatic heterocycles. The summed E-state index contributed by atoms with van der Waals surface area (Å²) in [6.07, 6.45) is -0.0417.